The number of halogens is 1. The van der Waals surface area contributed by atoms with Crippen LogP contribution in [0.25, 0.3) is 10.9 Å². The van der Waals surface area contributed by atoms with Gasteiger partial charge in [0, 0.05) is 47.3 Å². The van der Waals surface area contributed by atoms with Crippen LogP contribution in [0.15, 0.2) is 50.3 Å². The van der Waals surface area contributed by atoms with E-state index in [-0.39, 0.29) is 17.4 Å². The molecule has 0 saturated carbocycles. The van der Waals surface area contributed by atoms with E-state index in [4.69, 9.17) is 11.6 Å². The quantitative estimate of drug-likeness (QED) is 0.692. The third-order valence-electron chi connectivity index (χ3n) is 4.07. The van der Waals surface area contributed by atoms with Crippen molar-refractivity contribution in [3.05, 3.63) is 61.9 Å². The highest BCUT2D eigenvalue weighted by Crippen LogP contribution is 2.23. The van der Waals surface area contributed by atoms with E-state index < -0.39 is 5.56 Å². The van der Waals surface area contributed by atoms with Gasteiger partial charge in [-0.2, -0.15) is 5.11 Å². The zero-order valence-electron chi connectivity index (χ0n) is 14.9. The molecular weight excluding hydrogens is 354 g/mol. The lowest BCUT2D eigenvalue weighted by Crippen LogP contribution is -2.38. The molecule has 1 aromatic carbocycles. The molecule has 2 heterocycles. The molecule has 1 N–H and O–H groups in total. The van der Waals surface area contributed by atoms with Crippen LogP contribution in [0.3, 0.4) is 0 Å². The Kier molecular flexibility index (Phi) is 5.08. The van der Waals surface area contributed by atoms with Gasteiger partial charge in [0.05, 0.1) is 6.54 Å². The Hall–Kier alpha value is -2.67. The Morgan fingerprint density at radius 2 is 2.00 bits per heavy atom. The molecule has 0 fully saturated rings. The molecule has 136 valence electrons. The predicted molar refractivity (Wildman–Crippen MR) is 102 cm³/mol. The fourth-order valence-corrected chi connectivity index (χ4v) is 2.92. The molecule has 8 heteroatoms. The maximum atomic E-state index is 12.4. The molecule has 0 spiro atoms. The monoisotopic (exact) mass is 373 g/mol. The molecule has 0 bridgehead atoms. The summed E-state index contributed by atoms with van der Waals surface area (Å²) in [5, 5.41) is 9.97. The van der Waals surface area contributed by atoms with E-state index in [0.29, 0.717) is 18.1 Å². The van der Waals surface area contributed by atoms with Crippen LogP contribution < -0.4 is 11.2 Å². The van der Waals surface area contributed by atoms with E-state index in [1.165, 1.54) is 17.7 Å². The summed E-state index contributed by atoms with van der Waals surface area (Å²) in [6, 6.07) is 6.92. The molecule has 0 aliphatic heterocycles. The number of hydrogen-bond acceptors (Lipinski definition) is 4. The van der Waals surface area contributed by atoms with Crippen molar-refractivity contribution in [2.24, 2.45) is 23.2 Å². The van der Waals surface area contributed by atoms with Crippen molar-refractivity contribution in [2.45, 2.75) is 26.9 Å². The lowest BCUT2D eigenvalue weighted by Gasteiger charge is -2.12. The molecule has 0 unspecified atom stereocenters. The summed E-state index contributed by atoms with van der Waals surface area (Å²) in [5.74, 6) is 0.500. The minimum absolute atomic E-state index is 0.231. The van der Waals surface area contributed by atoms with Gasteiger partial charge in [-0.05, 0) is 24.1 Å². The van der Waals surface area contributed by atoms with Gasteiger partial charge in [-0.1, -0.05) is 25.4 Å². The zero-order valence-corrected chi connectivity index (χ0v) is 15.6. The number of fused-ring (bicyclic) bond motifs is 1. The number of rotatable bonds is 5. The number of benzene rings is 1. The van der Waals surface area contributed by atoms with E-state index in [1.807, 2.05) is 38.2 Å². The summed E-state index contributed by atoms with van der Waals surface area (Å²) >= 11 is 6.05. The Labute approximate surface area is 155 Å². The van der Waals surface area contributed by atoms with Crippen molar-refractivity contribution in [3.63, 3.8) is 0 Å². The summed E-state index contributed by atoms with van der Waals surface area (Å²) in [4.78, 5) is 27.4. The number of nitrogens with zero attached hydrogens (tertiary/aromatic N) is 4. The van der Waals surface area contributed by atoms with Crippen molar-refractivity contribution in [3.8, 4) is 0 Å². The second-order valence-electron chi connectivity index (χ2n) is 6.59. The molecule has 3 rings (SSSR count). The van der Waals surface area contributed by atoms with Gasteiger partial charge < -0.3 is 4.98 Å². The lowest BCUT2D eigenvalue weighted by molar-refractivity contribution is 0.489. The first-order chi connectivity index (χ1) is 12.4. The minimum atomic E-state index is -0.400. The maximum Gasteiger partial charge on any atom is 0.332 e. The Balaban J connectivity index is 1.94. The molecule has 0 atom stereocenters. The van der Waals surface area contributed by atoms with Gasteiger partial charge in [0.15, 0.2) is 5.82 Å². The number of nitrogens with one attached hydrogen (secondary N) is 1. The molecule has 2 aromatic heterocycles. The normalized spacial score (nSPS) is 11.9. The van der Waals surface area contributed by atoms with E-state index in [0.717, 1.165) is 21.0 Å². The largest absolute Gasteiger partial charge is 0.361 e. The van der Waals surface area contributed by atoms with Crippen molar-refractivity contribution in [1.29, 1.82) is 0 Å². The summed E-state index contributed by atoms with van der Waals surface area (Å²) in [7, 11) is 1.46. The summed E-state index contributed by atoms with van der Waals surface area (Å²) in [6.45, 7) is 4.76. The Morgan fingerprint density at radius 3 is 2.73 bits per heavy atom. The van der Waals surface area contributed by atoms with Crippen LogP contribution in [-0.2, 0) is 20.1 Å². The van der Waals surface area contributed by atoms with Gasteiger partial charge in [0.25, 0.3) is 5.56 Å². The van der Waals surface area contributed by atoms with Gasteiger partial charge >= 0.3 is 5.69 Å². The SMILES string of the molecule is CC(C)Cn1c(N=NCc2c[nH]c3ccc(Cl)cc23)cc(=O)n(C)c1=O. The molecule has 0 aliphatic carbocycles. The van der Waals surface area contributed by atoms with E-state index in [2.05, 4.69) is 15.2 Å². The summed E-state index contributed by atoms with van der Waals surface area (Å²) in [5.41, 5.74) is 1.11. The molecule has 0 amide bonds. The first-order valence-corrected chi connectivity index (χ1v) is 8.68. The minimum Gasteiger partial charge on any atom is -0.361 e. The Morgan fingerprint density at radius 1 is 1.23 bits per heavy atom. The Bertz CT molecular complexity index is 1090. The highest BCUT2D eigenvalue weighted by Gasteiger charge is 2.10. The van der Waals surface area contributed by atoms with E-state index in [9.17, 15) is 9.59 Å². The smallest absolute Gasteiger partial charge is 0.332 e. The fraction of sp³-hybridized carbons (Fsp3) is 0.333. The molecular formula is C18H20ClN5O2. The molecule has 0 saturated heterocycles. The molecule has 0 aliphatic rings. The van der Waals surface area contributed by atoms with Gasteiger partial charge in [-0.3, -0.25) is 13.9 Å². The number of azo groups is 1. The van der Waals surface area contributed by atoms with E-state index >= 15 is 0 Å². The van der Waals surface area contributed by atoms with Crippen molar-refractivity contribution >= 4 is 28.3 Å². The highest BCUT2D eigenvalue weighted by molar-refractivity contribution is 6.31. The van der Waals surface area contributed by atoms with Crippen LogP contribution in [-0.4, -0.2) is 14.1 Å². The van der Waals surface area contributed by atoms with Gasteiger partial charge in [0.1, 0.15) is 0 Å². The lowest BCUT2D eigenvalue weighted by atomic mass is 10.2. The van der Waals surface area contributed by atoms with Crippen LogP contribution in [0.4, 0.5) is 5.82 Å². The molecule has 7 nitrogen and oxygen atoms in total. The second-order valence-corrected chi connectivity index (χ2v) is 7.03. The maximum absolute atomic E-state index is 12.4. The summed E-state index contributed by atoms with van der Waals surface area (Å²) in [6.07, 6.45) is 1.85. The third kappa shape index (κ3) is 3.62. The van der Waals surface area contributed by atoms with E-state index in [1.54, 1.807) is 0 Å². The zero-order chi connectivity index (χ0) is 18.8. The highest BCUT2D eigenvalue weighted by atomic mass is 35.5. The average Bonchev–Trinajstić information content (AvgIpc) is 2.98. The van der Waals surface area contributed by atoms with Crippen LogP contribution in [0.5, 0.6) is 0 Å². The predicted octanol–water partition coefficient (Wildman–Crippen LogP) is 3.62. The topological polar surface area (TPSA) is 84.5 Å². The van der Waals surface area contributed by atoms with Crippen LogP contribution in [0.1, 0.15) is 19.4 Å². The van der Waals surface area contributed by atoms with Gasteiger partial charge in [-0.25, -0.2) is 4.79 Å². The fourth-order valence-electron chi connectivity index (χ4n) is 2.74. The third-order valence-corrected chi connectivity index (χ3v) is 4.30. The van der Waals surface area contributed by atoms with Crippen molar-refractivity contribution in [2.75, 3.05) is 0 Å². The number of hydrogen-bond donors (Lipinski definition) is 1. The standard InChI is InChI=1S/C18H20ClN5O2/c1-11(2)10-24-16(7-17(25)23(3)18(24)26)22-21-9-12-8-20-15-5-4-13(19)6-14(12)15/h4-8,11,20H,9-10H2,1-3H3. The molecule has 3 aromatic rings. The molecule has 0 radical (unpaired) electrons. The van der Waals surface area contributed by atoms with Crippen molar-refractivity contribution in [1.82, 2.24) is 14.1 Å². The summed E-state index contributed by atoms with van der Waals surface area (Å²) < 4.78 is 2.55. The number of H-pyrrole nitrogens is 1. The van der Waals surface area contributed by atoms with Crippen LogP contribution in [0.2, 0.25) is 5.02 Å². The van der Waals surface area contributed by atoms with Gasteiger partial charge in [-0.15, -0.1) is 5.11 Å². The first kappa shape index (κ1) is 18.1. The number of aromatic nitrogens is 3. The van der Waals surface area contributed by atoms with Gasteiger partial charge in [0.2, 0.25) is 0 Å². The molecule has 26 heavy (non-hydrogen) atoms. The average molecular weight is 374 g/mol. The second kappa shape index (κ2) is 7.29. The van der Waals surface area contributed by atoms with Crippen LogP contribution >= 0.6 is 11.6 Å². The first-order valence-electron chi connectivity index (χ1n) is 8.30. The van der Waals surface area contributed by atoms with Crippen molar-refractivity contribution < 1.29 is 0 Å². The van der Waals surface area contributed by atoms with Crippen LogP contribution in [0, 0.1) is 5.92 Å². The number of aromatic amines is 1.